The number of aromatic hydroxyl groups is 1. The van der Waals surface area contributed by atoms with Gasteiger partial charge in [-0.2, -0.15) is 0 Å². The van der Waals surface area contributed by atoms with E-state index in [1.165, 1.54) is 0 Å². The minimum Gasteiger partial charge on any atom is -0.507 e. The summed E-state index contributed by atoms with van der Waals surface area (Å²) in [6.07, 6.45) is 3.46. The van der Waals surface area contributed by atoms with Crippen LogP contribution < -0.4 is 0 Å². The lowest BCUT2D eigenvalue weighted by atomic mass is 10.0. The van der Waals surface area contributed by atoms with Crippen LogP contribution in [0, 0.1) is 19.8 Å². The third-order valence-electron chi connectivity index (χ3n) is 4.42. The Morgan fingerprint density at radius 1 is 1.08 bits per heavy atom. The van der Waals surface area contributed by atoms with Gasteiger partial charge < -0.3 is 9.52 Å². The van der Waals surface area contributed by atoms with Gasteiger partial charge in [-0.1, -0.05) is 20.8 Å². The summed E-state index contributed by atoms with van der Waals surface area (Å²) in [5, 5.41) is 10.1. The van der Waals surface area contributed by atoms with E-state index in [0.29, 0.717) is 17.6 Å². The molecule has 0 saturated carbocycles. The van der Waals surface area contributed by atoms with Crippen LogP contribution in [0.2, 0.25) is 0 Å². The molecular weight excluding hydrogens is 324 g/mol. The highest BCUT2D eigenvalue weighted by Gasteiger charge is 2.14. The normalized spacial score (nSPS) is 11.3. The molecule has 2 aromatic heterocycles. The van der Waals surface area contributed by atoms with Crippen molar-refractivity contribution < 1.29 is 9.52 Å². The Balaban J connectivity index is 1.98. The molecule has 136 valence electrons. The molecule has 0 unspecified atom stereocenters. The van der Waals surface area contributed by atoms with Crippen molar-refractivity contribution in [2.45, 2.75) is 47.5 Å². The molecule has 26 heavy (non-hydrogen) atoms. The molecule has 3 rings (SSSR count). The fourth-order valence-electron chi connectivity index (χ4n) is 3.19. The molecule has 3 aromatic rings. The van der Waals surface area contributed by atoms with Crippen molar-refractivity contribution in [3.05, 3.63) is 53.0 Å². The standard InChI is InChI=1S/C22H26N2O2/c1-6-16-10-18(8-14(4)21(16)25)22-23-12-20(26-22)17-9-15(5)24-19(11-17)7-13(2)3/h8-13,25H,6-7H2,1-5H3. The van der Waals surface area contributed by atoms with E-state index in [-0.39, 0.29) is 0 Å². The van der Waals surface area contributed by atoms with Crippen LogP contribution in [0.5, 0.6) is 5.75 Å². The molecule has 0 amide bonds. The Hall–Kier alpha value is -2.62. The number of hydrogen-bond acceptors (Lipinski definition) is 4. The van der Waals surface area contributed by atoms with E-state index >= 15 is 0 Å². The van der Waals surface area contributed by atoms with Crippen molar-refractivity contribution in [2.75, 3.05) is 0 Å². The first-order valence-electron chi connectivity index (χ1n) is 9.14. The highest BCUT2D eigenvalue weighted by Crippen LogP contribution is 2.32. The topological polar surface area (TPSA) is 59.2 Å². The Kier molecular flexibility index (Phi) is 5.12. The van der Waals surface area contributed by atoms with E-state index in [4.69, 9.17) is 4.42 Å². The van der Waals surface area contributed by atoms with Crippen LogP contribution in [0.4, 0.5) is 0 Å². The second-order valence-electron chi connectivity index (χ2n) is 7.27. The van der Waals surface area contributed by atoms with Gasteiger partial charge in [-0.05, 0) is 68.0 Å². The third kappa shape index (κ3) is 3.79. The van der Waals surface area contributed by atoms with Crippen molar-refractivity contribution in [3.63, 3.8) is 0 Å². The second-order valence-corrected chi connectivity index (χ2v) is 7.27. The van der Waals surface area contributed by atoms with E-state index in [1.807, 2.05) is 39.0 Å². The van der Waals surface area contributed by atoms with E-state index < -0.39 is 0 Å². The largest absolute Gasteiger partial charge is 0.507 e. The lowest BCUT2D eigenvalue weighted by molar-refractivity contribution is 0.464. The van der Waals surface area contributed by atoms with Crippen LogP contribution in [-0.4, -0.2) is 15.1 Å². The number of aromatic nitrogens is 2. The van der Waals surface area contributed by atoms with E-state index in [1.54, 1.807) is 6.20 Å². The number of aryl methyl sites for hydroxylation is 3. The smallest absolute Gasteiger partial charge is 0.226 e. The van der Waals surface area contributed by atoms with Crippen LogP contribution in [0.1, 0.15) is 43.3 Å². The van der Waals surface area contributed by atoms with Gasteiger partial charge in [0.1, 0.15) is 5.75 Å². The number of benzene rings is 1. The number of oxazole rings is 1. The van der Waals surface area contributed by atoms with Crippen LogP contribution >= 0.6 is 0 Å². The zero-order valence-corrected chi connectivity index (χ0v) is 16.1. The molecule has 0 atom stereocenters. The molecule has 0 saturated heterocycles. The average Bonchev–Trinajstić information content (AvgIpc) is 3.06. The molecule has 0 radical (unpaired) electrons. The molecule has 1 N–H and O–H groups in total. The minimum atomic E-state index is 0.353. The minimum absolute atomic E-state index is 0.353. The molecule has 2 heterocycles. The number of nitrogens with zero attached hydrogens (tertiary/aromatic N) is 2. The third-order valence-corrected chi connectivity index (χ3v) is 4.42. The van der Waals surface area contributed by atoms with Crippen molar-refractivity contribution in [2.24, 2.45) is 5.92 Å². The summed E-state index contributed by atoms with van der Waals surface area (Å²) in [5.74, 6) is 2.21. The van der Waals surface area contributed by atoms with Gasteiger partial charge in [-0.15, -0.1) is 0 Å². The SMILES string of the molecule is CCc1cc(-c2ncc(-c3cc(C)nc(CC(C)C)c3)o2)cc(C)c1O. The molecule has 4 heteroatoms. The molecule has 0 aliphatic heterocycles. The average molecular weight is 350 g/mol. The maximum Gasteiger partial charge on any atom is 0.226 e. The molecule has 1 aromatic carbocycles. The van der Waals surface area contributed by atoms with Crippen molar-refractivity contribution in [3.8, 4) is 28.5 Å². The molecule has 0 bridgehead atoms. The van der Waals surface area contributed by atoms with Crippen molar-refractivity contribution in [1.82, 2.24) is 9.97 Å². The summed E-state index contributed by atoms with van der Waals surface area (Å²) in [6.45, 7) is 10.3. The maximum atomic E-state index is 10.1. The van der Waals surface area contributed by atoms with Crippen LogP contribution in [0.25, 0.3) is 22.8 Å². The molecular formula is C22H26N2O2. The fourth-order valence-corrected chi connectivity index (χ4v) is 3.19. The monoisotopic (exact) mass is 350 g/mol. The Bertz CT molecular complexity index is 926. The maximum absolute atomic E-state index is 10.1. The number of pyridine rings is 1. The quantitative estimate of drug-likeness (QED) is 0.661. The molecule has 0 aliphatic carbocycles. The summed E-state index contributed by atoms with van der Waals surface area (Å²) >= 11 is 0. The van der Waals surface area contributed by atoms with Gasteiger partial charge in [0.15, 0.2) is 5.76 Å². The molecule has 0 fully saturated rings. The summed E-state index contributed by atoms with van der Waals surface area (Å²) in [4.78, 5) is 9.08. The van der Waals surface area contributed by atoms with Crippen molar-refractivity contribution in [1.29, 1.82) is 0 Å². The van der Waals surface area contributed by atoms with E-state index in [9.17, 15) is 5.11 Å². The number of phenols is 1. The lowest BCUT2D eigenvalue weighted by Gasteiger charge is -2.08. The number of phenolic OH excluding ortho intramolecular Hbond substituents is 1. The van der Waals surface area contributed by atoms with Gasteiger partial charge in [-0.3, -0.25) is 4.98 Å². The fraction of sp³-hybridized carbons (Fsp3) is 0.364. The number of hydrogen-bond donors (Lipinski definition) is 1. The van der Waals surface area contributed by atoms with Gasteiger partial charge in [0.25, 0.3) is 0 Å². The zero-order chi connectivity index (χ0) is 18.8. The summed E-state index contributed by atoms with van der Waals surface area (Å²) in [7, 11) is 0. The van der Waals surface area contributed by atoms with E-state index in [2.05, 4.69) is 29.9 Å². The molecule has 0 aliphatic rings. The summed E-state index contributed by atoms with van der Waals surface area (Å²) in [5.41, 5.74) is 5.66. The molecule has 0 spiro atoms. The number of rotatable bonds is 5. The summed E-state index contributed by atoms with van der Waals surface area (Å²) in [6, 6.07) is 7.95. The first-order valence-corrected chi connectivity index (χ1v) is 9.14. The highest BCUT2D eigenvalue weighted by molar-refractivity contribution is 5.64. The first-order chi connectivity index (χ1) is 12.4. The van der Waals surface area contributed by atoms with Gasteiger partial charge in [-0.25, -0.2) is 4.98 Å². The van der Waals surface area contributed by atoms with Gasteiger partial charge in [0.05, 0.1) is 6.20 Å². The zero-order valence-electron chi connectivity index (χ0n) is 16.1. The van der Waals surface area contributed by atoms with Crippen LogP contribution in [0.15, 0.2) is 34.9 Å². The Morgan fingerprint density at radius 2 is 1.85 bits per heavy atom. The first kappa shape index (κ1) is 18.2. The van der Waals surface area contributed by atoms with E-state index in [0.717, 1.165) is 52.2 Å². The molecule has 4 nitrogen and oxygen atoms in total. The van der Waals surface area contributed by atoms with Gasteiger partial charge in [0, 0.05) is 22.5 Å². The Labute approximate surface area is 154 Å². The van der Waals surface area contributed by atoms with Crippen LogP contribution in [-0.2, 0) is 12.8 Å². The Morgan fingerprint density at radius 3 is 2.54 bits per heavy atom. The van der Waals surface area contributed by atoms with Crippen molar-refractivity contribution >= 4 is 0 Å². The second kappa shape index (κ2) is 7.32. The lowest BCUT2D eigenvalue weighted by Crippen LogP contribution is -1.99. The predicted molar refractivity (Wildman–Crippen MR) is 104 cm³/mol. The van der Waals surface area contributed by atoms with Gasteiger partial charge in [0.2, 0.25) is 5.89 Å². The van der Waals surface area contributed by atoms with Crippen LogP contribution in [0.3, 0.4) is 0 Å². The summed E-state index contributed by atoms with van der Waals surface area (Å²) < 4.78 is 6.04. The predicted octanol–water partition coefficient (Wildman–Crippen LogP) is 5.49. The highest BCUT2D eigenvalue weighted by atomic mass is 16.4. The van der Waals surface area contributed by atoms with Gasteiger partial charge >= 0.3 is 0 Å².